The van der Waals surface area contributed by atoms with Gasteiger partial charge in [0.25, 0.3) is 0 Å². The first-order valence-corrected chi connectivity index (χ1v) is 7.53. The molecule has 1 rings (SSSR count). The molecule has 0 radical (unpaired) electrons. The molecule has 1 N–H and O–H groups in total. The molecule has 17 heavy (non-hydrogen) atoms. The molecular weight excluding hydrogens is 210 g/mol. The van der Waals surface area contributed by atoms with Crippen LogP contribution in [0.15, 0.2) is 0 Å². The number of ether oxygens (including phenoxy) is 1. The second kappa shape index (κ2) is 8.93. The second-order valence-corrected chi connectivity index (χ2v) is 5.95. The third-order valence-corrected chi connectivity index (χ3v) is 3.56. The van der Waals surface area contributed by atoms with Gasteiger partial charge in [-0.2, -0.15) is 0 Å². The Bertz CT molecular complexity index is 176. The van der Waals surface area contributed by atoms with Gasteiger partial charge in [0.2, 0.25) is 0 Å². The maximum absolute atomic E-state index is 5.80. The number of rotatable bonds is 8. The highest BCUT2D eigenvalue weighted by Crippen LogP contribution is 2.17. The minimum Gasteiger partial charge on any atom is -0.378 e. The zero-order valence-electron chi connectivity index (χ0n) is 12.0. The Kier molecular flexibility index (Phi) is 7.87. The van der Waals surface area contributed by atoms with E-state index in [9.17, 15) is 0 Å². The van der Waals surface area contributed by atoms with Crippen LogP contribution in [0.4, 0.5) is 0 Å². The zero-order chi connectivity index (χ0) is 12.5. The monoisotopic (exact) mass is 241 g/mol. The molecule has 2 heteroatoms. The summed E-state index contributed by atoms with van der Waals surface area (Å²) in [5, 5.41) is 3.66. The van der Waals surface area contributed by atoms with E-state index in [-0.39, 0.29) is 0 Å². The molecule has 102 valence electrons. The van der Waals surface area contributed by atoms with Crippen LogP contribution in [-0.2, 0) is 4.74 Å². The molecule has 0 bridgehead atoms. The van der Waals surface area contributed by atoms with Gasteiger partial charge in [-0.1, -0.05) is 33.1 Å². The average Bonchev–Trinajstić information content (AvgIpc) is 2.29. The van der Waals surface area contributed by atoms with Crippen LogP contribution in [0.2, 0.25) is 0 Å². The smallest absolute Gasteiger partial charge is 0.0549 e. The summed E-state index contributed by atoms with van der Waals surface area (Å²) in [6.07, 6.45) is 9.78. The molecule has 1 aliphatic rings. The molecule has 1 atom stereocenters. The van der Waals surface area contributed by atoms with Crippen molar-refractivity contribution < 1.29 is 4.74 Å². The molecule has 0 aliphatic heterocycles. The van der Waals surface area contributed by atoms with Crippen molar-refractivity contribution in [3.63, 3.8) is 0 Å². The van der Waals surface area contributed by atoms with E-state index < -0.39 is 0 Å². The summed E-state index contributed by atoms with van der Waals surface area (Å²) in [6.45, 7) is 8.73. The predicted octanol–water partition coefficient (Wildman–Crippen LogP) is 3.75. The Hall–Kier alpha value is -0.0800. The lowest BCUT2D eigenvalue weighted by molar-refractivity contribution is 0.0501. The topological polar surface area (TPSA) is 21.3 Å². The first kappa shape index (κ1) is 15.0. The standard InChI is InChI=1S/C15H31NO/c1-13(2)12-14(3)17-11-7-10-16-15-8-5-4-6-9-15/h13-16H,4-12H2,1-3H3. The molecule has 0 aromatic heterocycles. The highest BCUT2D eigenvalue weighted by Gasteiger charge is 2.11. The van der Waals surface area contributed by atoms with Crippen LogP contribution in [0, 0.1) is 5.92 Å². The van der Waals surface area contributed by atoms with Gasteiger partial charge in [0.1, 0.15) is 0 Å². The molecule has 1 fully saturated rings. The maximum Gasteiger partial charge on any atom is 0.0549 e. The van der Waals surface area contributed by atoms with Crippen molar-refractivity contribution in [2.45, 2.75) is 77.9 Å². The van der Waals surface area contributed by atoms with Crippen LogP contribution in [0.1, 0.15) is 65.7 Å². The molecule has 2 nitrogen and oxygen atoms in total. The molecule has 1 aliphatic carbocycles. The molecule has 0 amide bonds. The first-order valence-electron chi connectivity index (χ1n) is 7.53. The van der Waals surface area contributed by atoms with Gasteiger partial charge in [0.05, 0.1) is 6.10 Å². The Morgan fingerprint density at radius 1 is 1.12 bits per heavy atom. The van der Waals surface area contributed by atoms with Gasteiger partial charge in [-0.3, -0.25) is 0 Å². The van der Waals surface area contributed by atoms with Crippen molar-refractivity contribution in [3.05, 3.63) is 0 Å². The summed E-state index contributed by atoms with van der Waals surface area (Å²) in [7, 11) is 0. The van der Waals surface area contributed by atoms with Gasteiger partial charge in [0.15, 0.2) is 0 Å². The van der Waals surface area contributed by atoms with E-state index in [2.05, 4.69) is 26.1 Å². The van der Waals surface area contributed by atoms with Crippen molar-refractivity contribution in [1.82, 2.24) is 5.32 Å². The van der Waals surface area contributed by atoms with Gasteiger partial charge < -0.3 is 10.1 Å². The number of nitrogens with one attached hydrogen (secondary N) is 1. The van der Waals surface area contributed by atoms with Gasteiger partial charge in [-0.25, -0.2) is 0 Å². The van der Waals surface area contributed by atoms with Crippen molar-refractivity contribution in [2.75, 3.05) is 13.2 Å². The highest BCUT2D eigenvalue weighted by molar-refractivity contribution is 4.71. The van der Waals surface area contributed by atoms with Crippen molar-refractivity contribution in [3.8, 4) is 0 Å². The van der Waals surface area contributed by atoms with Crippen molar-refractivity contribution in [1.29, 1.82) is 0 Å². The summed E-state index contributed by atoms with van der Waals surface area (Å²) in [5.74, 6) is 0.741. The third-order valence-electron chi connectivity index (χ3n) is 3.56. The molecule has 0 aromatic rings. The largest absolute Gasteiger partial charge is 0.378 e. The fourth-order valence-corrected chi connectivity index (χ4v) is 2.70. The fourth-order valence-electron chi connectivity index (χ4n) is 2.70. The van der Waals surface area contributed by atoms with Gasteiger partial charge in [-0.15, -0.1) is 0 Å². The van der Waals surface area contributed by atoms with Gasteiger partial charge in [0, 0.05) is 12.6 Å². The summed E-state index contributed by atoms with van der Waals surface area (Å²) in [6, 6.07) is 0.789. The SMILES string of the molecule is CC(C)CC(C)OCCCNC1CCCCC1. The predicted molar refractivity (Wildman–Crippen MR) is 74.4 cm³/mol. The fraction of sp³-hybridized carbons (Fsp3) is 1.00. The van der Waals surface area contributed by atoms with E-state index in [1.165, 1.54) is 38.5 Å². The van der Waals surface area contributed by atoms with Gasteiger partial charge >= 0.3 is 0 Å². The molecule has 0 saturated heterocycles. The zero-order valence-corrected chi connectivity index (χ0v) is 12.0. The summed E-state index contributed by atoms with van der Waals surface area (Å²) in [4.78, 5) is 0. The second-order valence-electron chi connectivity index (χ2n) is 5.95. The molecule has 0 heterocycles. The Morgan fingerprint density at radius 2 is 1.82 bits per heavy atom. The Balaban J connectivity index is 1.89. The first-order chi connectivity index (χ1) is 8.18. The van der Waals surface area contributed by atoms with Crippen LogP contribution in [0.3, 0.4) is 0 Å². The molecule has 1 saturated carbocycles. The van der Waals surface area contributed by atoms with Crippen molar-refractivity contribution >= 4 is 0 Å². The van der Waals surface area contributed by atoms with Gasteiger partial charge in [-0.05, 0) is 45.1 Å². The molecule has 1 unspecified atom stereocenters. The van der Waals surface area contributed by atoms with Crippen LogP contribution >= 0.6 is 0 Å². The number of hydrogen-bond acceptors (Lipinski definition) is 2. The molecular formula is C15H31NO. The normalized spacial score (nSPS) is 19.8. The quantitative estimate of drug-likeness (QED) is 0.653. The minimum absolute atomic E-state index is 0.421. The van der Waals surface area contributed by atoms with Crippen molar-refractivity contribution in [2.24, 2.45) is 5.92 Å². The average molecular weight is 241 g/mol. The van der Waals surface area contributed by atoms with Crippen LogP contribution in [0.25, 0.3) is 0 Å². The lowest BCUT2D eigenvalue weighted by atomic mass is 9.95. The Labute approximate surface area is 108 Å². The van der Waals surface area contributed by atoms with E-state index in [0.29, 0.717) is 6.10 Å². The summed E-state index contributed by atoms with van der Waals surface area (Å²) < 4.78 is 5.80. The lowest BCUT2D eigenvalue weighted by Gasteiger charge is -2.23. The number of hydrogen-bond donors (Lipinski definition) is 1. The lowest BCUT2D eigenvalue weighted by Crippen LogP contribution is -2.32. The molecule has 0 spiro atoms. The van der Waals surface area contributed by atoms with E-state index in [0.717, 1.165) is 31.5 Å². The molecule has 0 aromatic carbocycles. The summed E-state index contributed by atoms with van der Waals surface area (Å²) in [5.41, 5.74) is 0. The van der Waals surface area contributed by atoms with E-state index >= 15 is 0 Å². The van der Waals surface area contributed by atoms with Crippen LogP contribution < -0.4 is 5.32 Å². The Morgan fingerprint density at radius 3 is 2.47 bits per heavy atom. The van der Waals surface area contributed by atoms with Crippen LogP contribution in [-0.4, -0.2) is 25.3 Å². The van der Waals surface area contributed by atoms with E-state index in [1.54, 1.807) is 0 Å². The summed E-state index contributed by atoms with van der Waals surface area (Å²) >= 11 is 0. The van der Waals surface area contributed by atoms with Crippen LogP contribution in [0.5, 0.6) is 0 Å². The van der Waals surface area contributed by atoms with E-state index in [4.69, 9.17) is 4.74 Å². The third kappa shape index (κ3) is 7.77. The maximum atomic E-state index is 5.80. The highest BCUT2D eigenvalue weighted by atomic mass is 16.5. The van der Waals surface area contributed by atoms with E-state index in [1.807, 2.05) is 0 Å². The minimum atomic E-state index is 0.421.